The number of benzene rings is 2. The van der Waals surface area contributed by atoms with Gasteiger partial charge in [-0.25, -0.2) is 0 Å². The van der Waals surface area contributed by atoms with Gasteiger partial charge in [0.1, 0.15) is 6.04 Å². The van der Waals surface area contributed by atoms with Gasteiger partial charge in [0.2, 0.25) is 11.8 Å². The minimum Gasteiger partial charge on any atom is -0.480 e. The molecule has 88 heavy (non-hydrogen) atoms. The van der Waals surface area contributed by atoms with Crippen LogP contribution in [-0.4, -0.2) is 298 Å². The molecule has 2 aromatic carbocycles. The number of carboxylic acids is 10. The van der Waals surface area contributed by atoms with Crippen molar-refractivity contribution in [3.63, 3.8) is 0 Å². The van der Waals surface area contributed by atoms with Crippen LogP contribution in [0.25, 0.3) is 0 Å². The fourth-order valence-electron chi connectivity index (χ4n) is 8.86. The first kappa shape index (κ1) is 75.3. The highest BCUT2D eigenvalue weighted by atomic mass is 32.1. The zero-order valence-electron chi connectivity index (χ0n) is 47.6. The number of carbonyl (C=O) groups excluding carboxylic acids is 2. The van der Waals surface area contributed by atoms with E-state index >= 15 is 0 Å². The molecule has 0 saturated carbocycles. The van der Waals surface area contributed by atoms with Crippen LogP contribution in [-0.2, 0) is 70.4 Å². The molecule has 2 aromatic rings. The minimum atomic E-state index is -1.37. The first-order valence-electron chi connectivity index (χ1n) is 26.8. The quantitative estimate of drug-likeness (QED) is 0.0227. The van der Waals surface area contributed by atoms with Crippen molar-refractivity contribution in [1.82, 2.24) is 45.3 Å². The second-order valence-electron chi connectivity index (χ2n) is 20.0. The number of hydrogen-bond donors (Lipinski definition) is 16. The molecular formula is C52H74N12O22S2. The number of carbonyl (C=O) groups is 12. The molecule has 2 amide bonds. The van der Waals surface area contributed by atoms with Gasteiger partial charge < -0.3 is 83.4 Å². The normalized spacial score (nSPS) is 12.2. The number of carboxylic acid groups (broad SMARTS) is 10. The van der Waals surface area contributed by atoms with Crippen LogP contribution in [0.5, 0.6) is 0 Å². The summed E-state index contributed by atoms with van der Waals surface area (Å²) < 4.78 is 0. The lowest BCUT2D eigenvalue weighted by Gasteiger charge is -2.34. The predicted molar refractivity (Wildman–Crippen MR) is 317 cm³/mol. The Morgan fingerprint density at radius 1 is 0.420 bits per heavy atom. The first-order valence-corrected chi connectivity index (χ1v) is 27.6. The number of nitrogens with one attached hydrogen (secondary N) is 5. The van der Waals surface area contributed by atoms with E-state index in [1.807, 2.05) is 0 Å². The summed E-state index contributed by atoms with van der Waals surface area (Å²) in [5, 5.41) is 109. The molecule has 486 valence electrons. The van der Waals surface area contributed by atoms with Crippen LogP contribution in [0.1, 0.15) is 30.4 Å². The van der Waals surface area contributed by atoms with Crippen LogP contribution in [0.2, 0.25) is 0 Å². The maximum Gasteiger partial charge on any atom is 0.317 e. The Morgan fingerprint density at radius 3 is 1.05 bits per heavy atom. The SMILES string of the molecule is NC(=O)[C@@H](CCCCNC(=S)Nc1ccc(C[C@@H](CN(CCN(CC(=O)O)CC(=O)O)CC(=O)O)N(CC(=O)O)CC(=O)O)cc1)NC(=O)CNC(=S)Nc1ccc(C[C@@H](CN(CCN(CC(=O)O)CC(=O)O)CC(=O)O)N(CC(=O)O)CC(=O)O)cc1. The average Bonchev–Trinajstić information content (AvgIpc) is 3.61. The smallest absolute Gasteiger partial charge is 0.317 e. The summed E-state index contributed by atoms with van der Waals surface area (Å²) in [5.41, 5.74) is 7.63. The van der Waals surface area contributed by atoms with Gasteiger partial charge >= 0.3 is 59.7 Å². The minimum absolute atomic E-state index is 0.00942. The van der Waals surface area contributed by atoms with E-state index in [1.165, 1.54) is 9.80 Å². The van der Waals surface area contributed by atoms with E-state index in [9.17, 15) is 109 Å². The van der Waals surface area contributed by atoms with E-state index in [0.29, 0.717) is 41.9 Å². The summed E-state index contributed by atoms with van der Waals surface area (Å²) in [5.74, 6) is -14.8. The lowest BCUT2D eigenvalue weighted by molar-refractivity contribution is -0.145. The zero-order chi connectivity index (χ0) is 66.0. The van der Waals surface area contributed by atoms with Crippen molar-refractivity contribution in [1.29, 1.82) is 0 Å². The molecule has 0 unspecified atom stereocenters. The van der Waals surface area contributed by atoms with Crippen molar-refractivity contribution < 1.29 is 109 Å². The summed E-state index contributed by atoms with van der Waals surface area (Å²) >= 11 is 10.8. The van der Waals surface area contributed by atoms with E-state index in [4.69, 9.17) is 30.2 Å². The first-order chi connectivity index (χ1) is 41.3. The Bertz CT molecular complexity index is 2680. The molecule has 2 rings (SSSR count). The van der Waals surface area contributed by atoms with E-state index in [1.54, 1.807) is 48.5 Å². The summed E-state index contributed by atoms with van der Waals surface area (Å²) in [6.45, 7) is -8.07. The van der Waals surface area contributed by atoms with E-state index in [2.05, 4.69) is 26.6 Å². The van der Waals surface area contributed by atoms with Crippen LogP contribution in [0.15, 0.2) is 48.5 Å². The van der Waals surface area contributed by atoms with Gasteiger partial charge in [-0.05, 0) is 91.9 Å². The number of aliphatic carboxylic acids is 10. The molecule has 17 N–H and O–H groups in total. The number of nitrogens with zero attached hydrogens (tertiary/aromatic N) is 6. The third-order valence-corrected chi connectivity index (χ3v) is 13.1. The molecule has 0 radical (unpaired) electrons. The van der Waals surface area contributed by atoms with E-state index in [-0.39, 0.29) is 75.3 Å². The van der Waals surface area contributed by atoms with Crippen LogP contribution < -0.4 is 32.3 Å². The lowest BCUT2D eigenvalue weighted by atomic mass is 10.0. The van der Waals surface area contributed by atoms with Crippen LogP contribution in [0.3, 0.4) is 0 Å². The fraction of sp³-hybridized carbons (Fsp3) is 0.500. The molecule has 34 nitrogen and oxygen atoms in total. The maximum absolute atomic E-state index is 12.9. The Hall–Kier alpha value is -8.78. The van der Waals surface area contributed by atoms with Gasteiger partial charge in [0.15, 0.2) is 10.2 Å². The van der Waals surface area contributed by atoms with Gasteiger partial charge in [-0.15, -0.1) is 0 Å². The van der Waals surface area contributed by atoms with Gasteiger partial charge in [-0.1, -0.05) is 24.3 Å². The molecule has 0 aliphatic carbocycles. The van der Waals surface area contributed by atoms with E-state index < -0.39 is 155 Å². The number of anilines is 2. The molecule has 0 aliphatic heterocycles. The highest BCUT2D eigenvalue weighted by molar-refractivity contribution is 7.80. The van der Waals surface area contributed by atoms with Crippen molar-refractivity contribution in [3.05, 3.63) is 59.7 Å². The Kier molecular flexibility index (Phi) is 34.1. The van der Waals surface area contributed by atoms with E-state index in [0.717, 1.165) is 19.6 Å². The molecule has 0 heterocycles. The van der Waals surface area contributed by atoms with Gasteiger partial charge in [-0.3, -0.25) is 86.9 Å². The number of rotatable bonds is 47. The second-order valence-corrected chi connectivity index (χ2v) is 20.8. The Morgan fingerprint density at radius 2 is 0.727 bits per heavy atom. The molecule has 0 bridgehead atoms. The van der Waals surface area contributed by atoms with Crippen LogP contribution in [0.4, 0.5) is 11.4 Å². The summed E-state index contributed by atoms with van der Waals surface area (Å²) in [4.78, 5) is 149. The number of primary amides is 1. The summed E-state index contributed by atoms with van der Waals surface area (Å²) in [6, 6.07) is 10.0. The van der Waals surface area contributed by atoms with Gasteiger partial charge in [0.25, 0.3) is 0 Å². The highest BCUT2D eigenvalue weighted by Gasteiger charge is 2.30. The standard InChI is InChI=1S/C52H74N12O22S2/c53-50(86)38(3-1-2-12-54-51(87)56-34-8-4-32(5-9-34)17-36(63(28-46(78)79)29-47(80)81)20-59(22-40(66)67)13-15-61(24-42(70)71)25-43(72)73)58-39(65)19-55-52(88)57-35-10-6-33(7-11-35)18-37(64(30-48(82)83)31-49(84)85)21-60(23-41(68)69)14-16-62(26-44(74)75)27-45(76)77/h4-11,36-38H,1-3,12-31H2,(H2,53,86)(H,58,65)(H,66,67)(H,68,69)(H,70,71)(H,72,73)(H,74,75)(H,76,77)(H,78,79)(H,80,81)(H,82,83)(H,84,85)(H2,54,56,87)(H2,55,57,88)/t36-,37-,38+/m0/s1. The van der Waals surface area contributed by atoms with Gasteiger partial charge in [0, 0.05) is 69.3 Å². The highest BCUT2D eigenvalue weighted by Crippen LogP contribution is 2.18. The molecular weight excluding hydrogens is 1210 g/mol. The van der Waals surface area contributed by atoms with Crippen molar-refractivity contribution in [2.75, 3.05) is 128 Å². The molecule has 0 saturated heterocycles. The van der Waals surface area contributed by atoms with Gasteiger partial charge in [0.05, 0.1) is 72.0 Å². The van der Waals surface area contributed by atoms with Crippen molar-refractivity contribution >= 4 is 118 Å². The third-order valence-electron chi connectivity index (χ3n) is 12.6. The Labute approximate surface area is 513 Å². The van der Waals surface area contributed by atoms with Crippen molar-refractivity contribution in [2.45, 2.75) is 50.2 Å². The number of amides is 2. The monoisotopic (exact) mass is 1280 g/mol. The van der Waals surface area contributed by atoms with Crippen LogP contribution in [0, 0.1) is 0 Å². The topological polar surface area (TPSA) is 513 Å². The molecule has 0 aromatic heterocycles. The lowest BCUT2D eigenvalue weighted by Crippen LogP contribution is -2.51. The fourth-order valence-corrected chi connectivity index (χ4v) is 9.27. The summed E-state index contributed by atoms with van der Waals surface area (Å²) in [6.07, 6.45) is 1.03. The van der Waals surface area contributed by atoms with Crippen molar-refractivity contribution in [2.24, 2.45) is 5.73 Å². The molecule has 0 aliphatic rings. The number of hydrogen-bond acceptors (Lipinski definition) is 20. The average molecular weight is 1280 g/mol. The molecule has 3 atom stereocenters. The largest absolute Gasteiger partial charge is 0.480 e. The molecule has 0 fully saturated rings. The Balaban J connectivity index is 2.01. The summed E-state index contributed by atoms with van der Waals surface area (Å²) in [7, 11) is 0. The predicted octanol–water partition coefficient (Wildman–Crippen LogP) is -3.42. The number of thiocarbonyl (C=S) groups is 2. The maximum atomic E-state index is 12.9. The molecule has 0 spiro atoms. The number of unbranched alkanes of at least 4 members (excludes halogenated alkanes) is 1. The number of nitrogens with two attached hydrogens (primary N) is 1. The van der Waals surface area contributed by atoms with Crippen LogP contribution >= 0.6 is 24.4 Å². The van der Waals surface area contributed by atoms with Gasteiger partial charge in [-0.2, -0.15) is 0 Å². The molecule has 36 heteroatoms. The third kappa shape index (κ3) is 34.4. The second kappa shape index (κ2) is 39.8. The van der Waals surface area contributed by atoms with Crippen molar-refractivity contribution in [3.8, 4) is 0 Å². The zero-order valence-corrected chi connectivity index (χ0v) is 49.2.